The molecule has 3 rings (SSSR count). The summed E-state index contributed by atoms with van der Waals surface area (Å²) in [5, 5.41) is 2.85. The van der Waals surface area contributed by atoms with Crippen molar-refractivity contribution in [3.63, 3.8) is 0 Å². The van der Waals surface area contributed by atoms with E-state index >= 15 is 0 Å². The summed E-state index contributed by atoms with van der Waals surface area (Å²) < 4.78 is 42.6. The zero-order valence-electron chi connectivity index (χ0n) is 14.6. The highest BCUT2D eigenvalue weighted by Gasteiger charge is 2.12. The van der Waals surface area contributed by atoms with Crippen LogP contribution in [0.25, 0.3) is 0 Å². The van der Waals surface area contributed by atoms with E-state index in [1.54, 1.807) is 18.3 Å². The average Bonchev–Trinajstić information content (AvgIpc) is 2.68. The second-order valence-corrected chi connectivity index (χ2v) is 5.26. The van der Waals surface area contributed by atoms with Crippen molar-refractivity contribution in [1.29, 1.82) is 0 Å². The molecule has 0 aliphatic heterocycles. The lowest BCUT2D eigenvalue weighted by molar-refractivity contribution is 0.347. The SMILES string of the molecule is COc1cc(OC)nc(Oc2cccnc2CNc2ccc(F)cc2F)n1. The summed E-state index contributed by atoms with van der Waals surface area (Å²) >= 11 is 0. The van der Waals surface area contributed by atoms with Crippen molar-refractivity contribution < 1.29 is 23.0 Å². The first-order valence-electron chi connectivity index (χ1n) is 7.87. The molecule has 0 radical (unpaired) electrons. The molecule has 27 heavy (non-hydrogen) atoms. The number of halogens is 2. The Morgan fingerprint density at radius 2 is 1.74 bits per heavy atom. The molecule has 7 nitrogen and oxygen atoms in total. The number of ether oxygens (including phenoxy) is 3. The normalized spacial score (nSPS) is 10.4. The first kappa shape index (κ1) is 18.3. The van der Waals surface area contributed by atoms with Gasteiger partial charge in [-0.2, -0.15) is 9.97 Å². The van der Waals surface area contributed by atoms with E-state index in [2.05, 4.69) is 20.3 Å². The predicted molar refractivity (Wildman–Crippen MR) is 93.1 cm³/mol. The van der Waals surface area contributed by atoms with Gasteiger partial charge in [-0.1, -0.05) is 0 Å². The maximum Gasteiger partial charge on any atom is 0.328 e. The largest absolute Gasteiger partial charge is 0.481 e. The van der Waals surface area contributed by atoms with Gasteiger partial charge in [-0.05, 0) is 24.3 Å². The molecule has 0 fully saturated rings. The number of pyridine rings is 1. The molecule has 0 saturated carbocycles. The molecule has 0 amide bonds. The van der Waals surface area contributed by atoms with Gasteiger partial charge in [0.05, 0.1) is 32.5 Å². The molecule has 9 heteroatoms. The molecule has 140 valence electrons. The molecule has 0 atom stereocenters. The van der Waals surface area contributed by atoms with Crippen LogP contribution in [0.3, 0.4) is 0 Å². The summed E-state index contributed by atoms with van der Waals surface area (Å²) in [5.74, 6) is -0.441. The molecule has 0 spiro atoms. The summed E-state index contributed by atoms with van der Waals surface area (Å²) in [5.41, 5.74) is 0.624. The van der Waals surface area contributed by atoms with Crippen molar-refractivity contribution >= 4 is 5.69 Å². The second-order valence-electron chi connectivity index (χ2n) is 5.26. The summed E-state index contributed by atoms with van der Waals surface area (Å²) in [7, 11) is 2.92. The van der Waals surface area contributed by atoms with Crippen LogP contribution in [0.5, 0.6) is 23.5 Å². The van der Waals surface area contributed by atoms with Crippen molar-refractivity contribution in [2.45, 2.75) is 6.54 Å². The van der Waals surface area contributed by atoms with Gasteiger partial charge in [0.15, 0.2) is 5.75 Å². The number of aromatic nitrogens is 3. The molecule has 3 aromatic rings. The van der Waals surface area contributed by atoms with Gasteiger partial charge < -0.3 is 19.5 Å². The third-order valence-electron chi connectivity index (χ3n) is 3.50. The van der Waals surface area contributed by atoms with Crippen LogP contribution in [0.4, 0.5) is 14.5 Å². The molecule has 0 aliphatic carbocycles. The first-order valence-corrected chi connectivity index (χ1v) is 7.87. The third-order valence-corrected chi connectivity index (χ3v) is 3.50. The molecular weight excluding hydrogens is 358 g/mol. The third kappa shape index (κ3) is 4.57. The molecule has 0 aliphatic rings. The zero-order chi connectivity index (χ0) is 19.2. The van der Waals surface area contributed by atoms with E-state index in [1.807, 2.05) is 0 Å². The molecule has 2 heterocycles. The standard InChI is InChI=1S/C18H16F2N4O3/c1-25-16-9-17(26-2)24-18(23-16)27-15-4-3-7-21-14(15)10-22-13-6-5-11(19)8-12(13)20/h3-9,22H,10H2,1-2H3. The van der Waals surface area contributed by atoms with Gasteiger partial charge in [-0.3, -0.25) is 4.98 Å². The van der Waals surface area contributed by atoms with Gasteiger partial charge in [0.25, 0.3) is 0 Å². The van der Waals surface area contributed by atoms with E-state index in [0.717, 1.165) is 12.1 Å². The fourth-order valence-corrected chi connectivity index (χ4v) is 2.20. The quantitative estimate of drug-likeness (QED) is 0.677. The molecule has 0 unspecified atom stereocenters. The Morgan fingerprint density at radius 3 is 2.41 bits per heavy atom. The zero-order valence-corrected chi connectivity index (χ0v) is 14.6. The lowest BCUT2D eigenvalue weighted by Crippen LogP contribution is -2.06. The van der Waals surface area contributed by atoms with E-state index in [1.165, 1.54) is 26.4 Å². The van der Waals surface area contributed by atoms with Crippen LogP contribution >= 0.6 is 0 Å². The van der Waals surface area contributed by atoms with Crippen molar-refractivity contribution in [3.05, 3.63) is 59.9 Å². The fraction of sp³-hybridized carbons (Fsp3) is 0.167. The Bertz CT molecular complexity index is 918. The second kappa shape index (κ2) is 8.26. The summed E-state index contributed by atoms with van der Waals surface area (Å²) in [4.78, 5) is 12.4. The van der Waals surface area contributed by atoms with Crippen LogP contribution < -0.4 is 19.5 Å². The Kier molecular flexibility index (Phi) is 5.60. The molecular formula is C18H16F2N4O3. The van der Waals surface area contributed by atoms with Crippen molar-refractivity contribution in [3.8, 4) is 23.5 Å². The van der Waals surface area contributed by atoms with Crippen LogP contribution in [-0.4, -0.2) is 29.2 Å². The number of rotatable bonds is 7. The van der Waals surface area contributed by atoms with E-state index in [-0.39, 0.29) is 30.0 Å². The van der Waals surface area contributed by atoms with Crippen molar-refractivity contribution in [2.24, 2.45) is 0 Å². The Hall–Kier alpha value is -3.49. The number of nitrogens with one attached hydrogen (secondary N) is 1. The smallest absolute Gasteiger partial charge is 0.328 e. The van der Waals surface area contributed by atoms with Gasteiger partial charge in [0.1, 0.15) is 17.3 Å². The lowest BCUT2D eigenvalue weighted by Gasteiger charge is -2.12. The molecule has 1 aromatic carbocycles. The predicted octanol–water partition coefficient (Wildman–Crippen LogP) is 3.57. The average molecular weight is 374 g/mol. The van der Waals surface area contributed by atoms with Crippen molar-refractivity contribution in [1.82, 2.24) is 15.0 Å². The Morgan fingerprint density at radius 1 is 1.00 bits per heavy atom. The minimum Gasteiger partial charge on any atom is -0.481 e. The summed E-state index contributed by atoms with van der Waals surface area (Å²) in [6.45, 7) is 0.139. The minimum absolute atomic E-state index is 0.00779. The van der Waals surface area contributed by atoms with E-state index in [0.29, 0.717) is 11.4 Å². The van der Waals surface area contributed by atoms with Crippen LogP contribution in [0.15, 0.2) is 42.6 Å². The topological polar surface area (TPSA) is 78.4 Å². The van der Waals surface area contributed by atoms with Gasteiger partial charge in [0.2, 0.25) is 11.8 Å². The van der Waals surface area contributed by atoms with Gasteiger partial charge >= 0.3 is 6.01 Å². The summed E-state index contributed by atoms with van der Waals surface area (Å²) in [6.07, 6.45) is 1.57. The first-order chi connectivity index (χ1) is 13.1. The van der Waals surface area contributed by atoms with Crippen molar-refractivity contribution in [2.75, 3.05) is 19.5 Å². The highest BCUT2D eigenvalue weighted by molar-refractivity contribution is 5.46. The van der Waals surface area contributed by atoms with Gasteiger partial charge in [-0.25, -0.2) is 8.78 Å². The van der Waals surface area contributed by atoms with Crippen LogP contribution in [0.2, 0.25) is 0 Å². The number of benzene rings is 1. The highest BCUT2D eigenvalue weighted by atomic mass is 19.1. The van der Waals surface area contributed by atoms with Crippen LogP contribution in [0, 0.1) is 11.6 Å². The Balaban J connectivity index is 1.80. The molecule has 2 aromatic heterocycles. The van der Waals surface area contributed by atoms with Crippen LogP contribution in [-0.2, 0) is 6.54 Å². The number of hydrogen-bond acceptors (Lipinski definition) is 7. The maximum atomic E-state index is 13.8. The number of hydrogen-bond donors (Lipinski definition) is 1. The lowest BCUT2D eigenvalue weighted by atomic mass is 10.2. The molecule has 0 bridgehead atoms. The van der Waals surface area contributed by atoms with Crippen LogP contribution in [0.1, 0.15) is 5.69 Å². The minimum atomic E-state index is -0.700. The number of methoxy groups -OCH3 is 2. The number of anilines is 1. The van der Waals surface area contributed by atoms with E-state index in [9.17, 15) is 8.78 Å². The highest BCUT2D eigenvalue weighted by Crippen LogP contribution is 2.26. The van der Waals surface area contributed by atoms with Gasteiger partial charge in [-0.15, -0.1) is 0 Å². The van der Waals surface area contributed by atoms with Gasteiger partial charge in [0, 0.05) is 12.3 Å². The number of nitrogens with zero attached hydrogens (tertiary/aromatic N) is 3. The molecule has 0 saturated heterocycles. The fourth-order valence-electron chi connectivity index (χ4n) is 2.20. The van der Waals surface area contributed by atoms with E-state index < -0.39 is 11.6 Å². The monoisotopic (exact) mass is 374 g/mol. The van der Waals surface area contributed by atoms with E-state index in [4.69, 9.17) is 14.2 Å². The maximum absolute atomic E-state index is 13.8. The molecule has 1 N–H and O–H groups in total. The Labute approximate surface area is 154 Å². The summed E-state index contributed by atoms with van der Waals surface area (Å²) in [6, 6.07) is 8.13.